The van der Waals surface area contributed by atoms with Gasteiger partial charge >= 0.3 is 6.03 Å². The van der Waals surface area contributed by atoms with Gasteiger partial charge in [0, 0.05) is 31.9 Å². The number of amides is 4. The van der Waals surface area contributed by atoms with E-state index >= 15 is 0 Å². The quantitative estimate of drug-likeness (QED) is 0.258. The number of aromatic nitrogens is 2. The molecule has 7 rings (SSSR count). The number of phenols is 1. The first-order chi connectivity index (χ1) is 23.7. The Morgan fingerprint density at radius 3 is 2.41 bits per heavy atom. The summed E-state index contributed by atoms with van der Waals surface area (Å²) < 4.78 is 1.97. The molecule has 11 nitrogen and oxygen atoms in total. The number of urea groups is 1. The second-order valence-electron chi connectivity index (χ2n) is 12.8. The van der Waals surface area contributed by atoms with Crippen LogP contribution in [0.5, 0.6) is 5.75 Å². The van der Waals surface area contributed by atoms with Crippen molar-refractivity contribution in [2.24, 2.45) is 0 Å². The number of carbonyl (C=O) groups excluding carboxylic acids is 3. The number of piperazine rings is 1. The Bertz CT molecular complexity index is 1990. The monoisotopic (exact) mass is 657 g/mol. The minimum Gasteiger partial charge on any atom is -0.508 e. The largest absolute Gasteiger partial charge is 0.508 e. The molecule has 4 aromatic carbocycles. The Labute approximate surface area is 284 Å². The lowest BCUT2D eigenvalue weighted by atomic mass is 9.98. The van der Waals surface area contributed by atoms with Gasteiger partial charge in [0.15, 0.2) is 0 Å². The number of fused-ring (bicyclic) bond motifs is 2. The predicted octanol–water partition coefficient (Wildman–Crippen LogP) is 4.28. The molecule has 0 radical (unpaired) electrons. The van der Waals surface area contributed by atoms with E-state index in [9.17, 15) is 19.5 Å². The average molecular weight is 658 g/mol. The van der Waals surface area contributed by atoms with Crippen molar-refractivity contribution in [1.82, 2.24) is 34.9 Å². The summed E-state index contributed by atoms with van der Waals surface area (Å²) in [5.41, 5.74) is 5.99. The SMILES string of the molecule is Cc1ccccc1Cn1ncc2ccc(CN3C[C@H]4N(C(=O)CN(C)N4C(=O)NCc4ccccc4)[C@@H](Cc4ccc(O)cc4)C3=O)cc21. The summed E-state index contributed by atoms with van der Waals surface area (Å²) >= 11 is 0. The van der Waals surface area contributed by atoms with Gasteiger partial charge in [0.25, 0.3) is 0 Å². The lowest BCUT2D eigenvalue weighted by molar-refractivity contribution is -0.187. The van der Waals surface area contributed by atoms with Crippen molar-refractivity contribution in [1.29, 1.82) is 0 Å². The number of hydrogen-bond acceptors (Lipinski definition) is 6. The normalized spacial score (nSPS) is 18.2. The van der Waals surface area contributed by atoms with Crippen LogP contribution in [0.1, 0.15) is 27.8 Å². The summed E-state index contributed by atoms with van der Waals surface area (Å²) in [4.78, 5) is 45.2. The second kappa shape index (κ2) is 13.4. The van der Waals surface area contributed by atoms with Crippen LogP contribution in [0.4, 0.5) is 4.79 Å². The summed E-state index contributed by atoms with van der Waals surface area (Å²) in [5, 5.41) is 21.7. The van der Waals surface area contributed by atoms with Gasteiger partial charge in [-0.15, -0.1) is 0 Å². The van der Waals surface area contributed by atoms with Crippen LogP contribution in [-0.4, -0.2) is 84.9 Å². The highest BCUT2D eigenvalue weighted by Gasteiger charge is 2.50. The number of aryl methyl sites for hydroxylation is 1. The van der Waals surface area contributed by atoms with Crippen molar-refractivity contribution in [3.05, 3.63) is 131 Å². The van der Waals surface area contributed by atoms with E-state index in [1.54, 1.807) is 51.1 Å². The first-order valence-corrected chi connectivity index (χ1v) is 16.4. The Hall–Kier alpha value is -5.68. The fourth-order valence-electron chi connectivity index (χ4n) is 6.87. The lowest BCUT2D eigenvalue weighted by Crippen LogP contribution is -2.76. The Morgan fingerprint density at radius 2 is 1.63 bits per heavy atom. The van der Waals surface area contributed by atoms with Crippen molar-refractivity contribution in [2.45, 2.75) is 45.2 Å². The molecule has 5 aromatic rings. The number of nitrogens with zero attached hydrogens (tertiary/aromatic N) is 6. The molecule has 2 fully saturated rings. The first kappa shape index (κ1) is 31.9. The van der Waals surface area contributed by atoms with E-state index in [1.807, 2.05) is 65.5 Å². The number of aromatic hydroxyl groups is 1. The topological polar surface area (TPSA) is 114 Å². The number of carbonyl (C=O) groups is 3. The van der Waals surface area contributed by atoms with Crippen molar-refractivity contribution < 1.29 is 19.5 Å². The third-order valence-corrected chi connectivity index (χ3v) is 9.46. The number of likely N-dealkylation sites (N-methyl/N-ethyl adjacent to an activating group) is 1. The maximum absolute atomic E-state index is 14.4. The molecule has 2 aliphatic heterocycles. The van der Waals surface area contributed by atoms with Crippen LogP contribution < -0.4 is 5.32 Å². The van der Waals surface area contributed by atoms with Crippen LogP contribution in [0.25, 0.3) is 10.9 Å². The maximum Gasteiger partial charge on any atom is 0.334 e. The van der Waals surface area contributed by atoms with Crippen LogP contribution in [0.15, 0.2) is 103 Å². The zero-order valence-corrected chi connectivity index (χ0v) is 27.6. The van der Waals surface area contributed by atoms with E-state index in [4.69, 9.17) is 0 Å². The van der Waals surface area contributed by atoms with Gasteiger partial charge in [-0.25, -0.2) is 14.8 Å². The fourth-order valence-corrected chi connectivity index (χ4v) is 6.87. The summed E-state index contributed by atoms with van der Waals surface area (Å²) in [6, 6.07) is 29.4. The fraction of sp³-hybridized carbons (Fsp3) is 0.263. The molecule has 49 heavy (non-hydrogen) atoms. The molecule has 250 valence electrons. The maximum atomic E-state index is 14.4. The molecule has 2 saturated heterocycles. The third kappa shape index (κ3) is 6.57. The molecule has 3 heterocycles. The van der Waals surface area contributed by atoms with Gasteiger partial charge in [0.2, 0.25) is 11.8 Å². The summed E-state index contributed by atoms with van der Waals surface area (Å²) in [5.74, 6) is -0.300. The van der Waals surface area contributed by atoms with E-state index in [0.29, 0.717) is 13.1 Å². The van der Waals surface area contributed by atoms with Crippen molar-refractivity contribution in [3.8, 4) is 5.75 Å². The van der Waals surface area contributed by atoms with Gasteiger partial charge < -0.3 is 20.2 Å². The number of phenolic OH excluding ortho intramolecular Hbond substituents is 1. The molecule has 11 heteroatoms. The van der Waals surface area contributed by atoms with Gasteiger partial charge in [0.1, 0.15) is 18.0 Å². The highest BCUT2D eigenvalue weighted by molar-refractivity contribution is 5.92. The van der Waals surface area contributed by atoms with Gasteiger partial charge in [-0.05, 0) is 52.9 Å². The third-order valence-electron chi connectivity index (χ3n) is 9.46. The standard InChI is InChI=1S/C38H39N7O4/c1-26-8-6-7-11-31(26)23-43-33-19-29(12-15-30(33)21-40-43)22-42-24-35-44(34(37(42)48)18-27-13-16-32(46)17-14-27)36(47)25-41(2)45(35)38(49)39-20-28-9-4-3-5-10-28/h3-17,19,21,34-35,46H,18,20,22-25H2,1-2H3,(H,39,49)/t34-,35-/m0/s1. The molecule has 0 bridgehead atoms. The molecule has 2 atom stereocenters. The summed E-state index contributed by atoms with van der Waals surface area (Å²) in [7, 11) is 1.72. The van der Waals surface area contributed by atoms with E-state index < -0.39 is 12.2 Å². The number of benzene rings is 4. The Morgan fingerprint density at radius 1 is 0.898 bits per heavy atom. The first-order valence-electron chi connectivity index (χ1n) is 16.4. The number of rotatable bonds is 8. The van der Waals surface area contributed by atoms with Gasteiger partial charge in [-0.2, -0.15) is 5.10 Å². The minimum atomic E-state index is -0.843. The molecule has 1 aromatic heterocycles. The van der Waals surface area contributed by atoms with Crippen molar-refractivity contribution >= 4 is 28.7 Å². The molecule has 0 unspecified atom stereocenters. The van der Waals surface area contributed by atoms with Crippen LogP contribution in [0.2, 0.25) is 0 Å². The van der Waals surface area contributed by atoms with Crippen LogP contribution >= 0.6 is 0 Å². The van der Waals surface area contributed by atoms with Crippen molar-refractivity contribution in [3.63, 3.8) is 0 Å². The Kier molecular flexibility index (Phi) is 8.75. The van der Waals surface area contributed by atoms with Crippen LogP contribution in [0, 0.1) is 6.92 Å². The average Bonchev–Trinajstić information content (AvgIpc) is 3.49. The zero-order chi connectivity index (χ0) is 34.1. The second-order valence-corrected chi connectivity index (χ2v) is 12.8. The van der Waals surface area contributed by atoms with E-state index in [2.05, 4.69) is 35.5 Å². The van der Waals surface area contributed by atoms with Gasteiger partial charge in [0.05, 0.1) is 31.3 Å². The highest BCUT2D eigenvalue weighted by atomic mass is 16.3. The van der Waals surface area contributed by atoms with E-state index in [0.717, 1.165) is 27.6 Å². The summed E-state index contributed by atoms with van der Waals surface area (Å²) in [6.45, 7) is 3.41. The highest BCUT2D eigenvalue weighted by Crippen LogP contribution is 2.30. The van der Waals surface area contributed by atoms with Crippen LogP contribution in [0.3, 0.4) is 0 Å². The molecular formula is C38H39N7O4. The molecular weight excluding hydrogens is 618 g/mol. The molecule has 0 saturated carbocycles. The minimum absolute atomic E-state index is 0.0455. The smallest absolute Gasteiger partial charge is 0.334 e. The number of hydrazine groups is 1. The zero-order valence-electron chi connectivity index (χ0n) is 27.6. The predicted molar refractivity (Wildman–Crippen MR) is 185 cm³/mol. The van der Waals surface area contributed by atoms with Gasteiger partial charge in [-0.3, -0.25) is 14.3 Å². The molecule has 0 aliphatic carbocycles. The number of hydrogen-bond donors (Lipinski definition) is 2. The molecule has 0 spiro atoms. The van der Waals surface area contributed by atoms with Gasteiger partial charge in [-0.1, -0.05) is 78.9 Å². The summed E-state index contributed by atoms with van der Waals surface area (Å²) in [6.07, 6.45) is 1.37. The van der Waals surface area contributed by atoms with Crippen LogP contribution in [-0.2, 0) is 35.6 Å². The molecule has 4 amide bonds. The Balaban J connectivity index is 1.20. The molecule has 2 aliphatic rings. The van der Waals surface area contributed by atoms with Crippen molar-refractivity contribution in [2.75, 3.05) is 20.1 Å². The number of nitrogens with one attached hydrogen (secondary N) is 1. The lowest BCUT2D eigenvalue weighted by Gasteiger charge is -2.54. The van der Waals surface area contributed by atoms with E-state index in [1.165, 1.54) is 11.1 Å². The molecule has 2 N–H and O–H groups in total. The van der Waals surface area contributed by atoms with E-state index in [-0.39, 0.29) is 49.7 Å².